The van der Waals surface area contributed by atoms with Gasteiger partial charge in [0.1, 0.15) is 5.75 Å². The Kier molecular flexibility index (Phi) is 13.0. The SMILES string of the molecule is COc1ccc(COC/C=C/C=C/C[C@H]2C[C@H](OCc3ccccc3)[C@H](C)[C@@H](COCc3ccccc3)N2C(C)=O)cc1. The fourth-order valence-corrected chi connectivity index (χ4v) is 5.58. The van der Waals surface area contributed by atoms with Crippen LogP contribution in [0.1, 0.15) is 43.4 Å². The number of benzene rings is 3. The Morgan fingerprint density at radius 2 is 1.42 bits per heavy atom. The Bertz CT molecular complexity index is 1280. The fraction of sp³-hybridized carbons (Fsp3) is 0.378. The summed E-state index contributed by atoms with van der Waals surface area (Å²) in [6, 6.07) is 28.2. The zero-order chi connectivity index (χ0) is 30.3. The minimum absolute atomic E-state index is 0.0152. The molecule has 0 saturated carbocycles. The maximum absolute atomic E-state index is 13.0. The van der Waals surface area contributed by atoms with Crippen molar-refractivity contribution in [3.63, 3.8) is 0 Å². The van der Waals surface area contributed by atoms with E-state index in [1.807, 2.05) is 83.8 Å². The molecule has 4 rings (SSSR count). The van der Waals surface area contributed by atoms with E-state index in [2.05, 4.69) is 37.3 Å². The molecule has 43 heavy (non-hydrogen) atoms. The third kappa shape index (κ3) is 10.2. The largest absolute Gasteiger partial charge is 0.497 e. The molecule has 0 aliphatic carbocycles. The molecule has 1 fully saturated rings. The van der Waals surface area contributed by atoms with E-state index in [-0.39, 0.29) is 30.0 Å². The first-order chi connectivity index (χ1) is 21.0. The van der Waals surface area contributed by atoms with Gasteiger partial charge in [0.05, 0.1) is 52.3 Å². The minimum atomic E-state index is -0.0731. The van der Waals surface area contributed by atoms with Crippen LogP contribution < -0.4 is 4.74 Å². The molecule has 0 unspecified atom stereocenters. The third-order valence-electron chi connectivity index (χ3n) is 7.95. The van der Waals surface area contributed by atoms with Crippen molar-refractivity contribution < 1.29 is 23.7 Å². The Morgan fingerprint density at radius 3 is 2.07 bits per heavy atom. The summed E-state index contributed by atoms with van der Waals surface area (Å²) in [4.78, 5) is 15.0. The number of hydrogen-bond acceptors (Lipinski definition) is 5. The summed E-state index contributed by atoms with van der Waals surface area (Å²) in [5.74, 6) is 1.04. The predicted molar refractivity (Wildman–Crippen MR) is 171 cm³/mol. The van der Waals surface area contributed by atoms with Gasteiger partial charge in [0, 0.05) is 18.9 Å². The zero-order valence-corrected chi connectivity index (χ0v) is 25.6. The molecule has 4 atom stereocenters. The summed E-state index contributed by atoms with van der Waals surface area (Å²) in [5, 5.41) is 0. The normalized spacial score (nSPS) is 20.6. The topological polar surface area (TPSA) is 57.2 Å². The summed E-state index contributed by atoms with van der Waals surface area (Å²) in [7, 11) is 1.66. The maximum atomic E-state index is 13.0. The molecule has 0 bridgehead atoms. The number of ether oxygens (including phenoxy) is 4. The van der Waals surface area contributed by atoms with Gasteiger partial charge in [0.15, 0.2) is 0 Å². The molecule has 0 spiro atoms. The van der Waals surface area contributed by atoms with Gasteiger partial charge >= 0.3 is 0 Å². The van der Waals surface area contributed by atoms with Gasteiger partial charge in [-0.1, -0.05) is 104 Å². The van der Waals surface area contributed by atoms with Crippen LogP contribution in [0.2, 0.25) is 0 Å². The molecule has 1 heterocycles. The van der Waals surface area contributed by atoms with Gasteiger partial charge in [-0.2, -0.15) is 0 Å². The van der Waals surface area contributed by atoms with Gasteiger partial charge in [-0.25, -0.2) is 0 Å². The molecule has 0 radical (unpaired) electrons. The number of carbonyl (C=O) groups excluding carboxylic acids is 1. The van der Waals surface area contributed by atoms with Crippen LogP contribution in [0.5, 0.6) is 5.75 Å². The quantitative estimate of drug-likeness (QED) is 0.141. The number of piperidine rings is 1. The standard InChI is InChI=1S/C37H45NO5/c1-29-36(28-42-26-31-14-8-6-9-15-31)38(30(2)39)34(24-37(29)43-27-32-16-10-7-11-17-32)18-12-4-5-13-23-41-25-33-19-21-35(40-3)22-20-33/h4-17,19-22,29,34,36-37H,18,23-28H2,1-3H3/b12-4+,13-5+/t29-,34+,36-,37+/m1/s1. The lowest BCUT2D eigenvalue weighted by atomic mass is 9.83. The average Bonchev–Trinajstić information content (AvgIpc) is 3.03. The second-order valence-electron chi connectivity index (χ2n) is 11.0. The van der Waals surface area contributed by atoms with Gasteiger partial charge in [-0.3, -0.25) is 4.79 Å². The van der Waals surface area contributed by atoms with Crippen molar-refractivity contribution in [1.82, 2.24) is 4.90 Å². The monoisotopic (exact) mass is 583 g/mol. The maximum Gasteiger partial charge on any atom is 0.220 e. The van der Waals surface area contributed by atoms with Crippen LogP contribution in [0.3, 0.4) is 0 Å². The molecule has 0 aromatic heterocycles. The number of allylic oxidation sites excluding steroid dienone is 2. The summed E-state index contributed by atoms with van der Waals surface area (Å²) < 4.78 is 23.7. The lowest BCUT2D eigenvalue weighted by Crippen LogP contribution is -2.59. The van der Waals surface area contributed by atoms with Crippen LogP contribution in [0.25, 0.3) is 0 Å². The number of hydrogen-bond donors (Lipinski definition) is 0. The lowest BCUT2D eigenvalue weighted by Gasteiger charge is -2.48. The number of nitrogens with zero attached hydrogens (tertiary/aromatic N) is 1. The molecular formula is C37H45NO5. The van der Waals surface area contributed by atoms with E-state index in [1.165, 1.54) is 0 Å². The van der Waals surface area contributed by atoms with Crippen molar-refractivity contribution in [2.24, 2.45) is 5.92 Å². The van der Waals surface area contributed by atoms with Crippen molar-refractivity contribution in [2.45, 2.75) is 64.7 Å². The van der Waals surface area contributed by atoms with Crippen LogP contribution in [-0.2, 0) is 38.8 Å². The highest BCUT2D eigenvalue weighted by atomic mass is 16.5. The molecule has 1 amide bonds. The second-order valence-corrected chi connectivity index (χ2v) is 11.0. The van der Waals surface area contributed by atoms with Crippen LogP contribution in [-0.4, -0.2) is 49.3 Å². The van der Waals surface area contributed by atoms with Crippen LogP contribution in [0, 0.1) is 5.92 Å². The first kappa shape index (κ1) is 32.2. The Labute approximate surface area is 256 Å². The zero-order valence-electron chi connectivity index (χ0n) is 25.6. The van der Waals surface area contributed by atoms with E-state index in [0.717, 1.165) is 35.3 Å². The molecule has 3 aromatic rings. The molecule has 1 aliphatic heterocycles. The van der Waals surface area contributed by atoms with Crippen molar-refractivity contribution in [2.75, 3.05) is 20.3 Å². The minimum Gasteiger partial charge on any atom is -0.497 e. The first-order valence-electron chi connectivity index (χ1n) is 15.1. The Morgan fingerprint density at radius 1 is 0.814 bits per heavy atom. The van der Waals surface area contributed by atoms with Crippen LogP contribution in [0.15, 0.2) is 109 Å². The third-order valence-corrected chi connectivity index (χ3v) is 7.95. The molecule has 1 saturated heterocycles. The van der Waals surface area contributed by atoms with Crippen LogP contribution in [0.4, 0.5) is 0 Å². The van der Waals surface area contributed by atoms with Gasteiger partial charge in [-0.15, -0.1) is 0 Å². The fourth-order valence-electron chi connectivity index (χ4n) is 5.58. The molecule has 1 aliphatic rings. The van der Waals surface area contributed by atoms with Gasteiger partial charge in [-0.05, 0) is 41.7 Å². The highest BCUT2D eigenvalue weighted by Crippen LogP contribution is 2.33. The van der Waals surface area contributed by atoms with Gasteiger partial charge < -0.3 is 23.8 Å². The summed E-state index contributed by atoms with van der Waals surface area (Å²) in [6.07, 6.45) is 9.70. The van der Waals surface area contributed by atoms with E-state index in [1.54, 1.807) is 14.0 Å². The van der Waals surface area contributed by atoms with E-state index >= 15 is 0 Å². The summed E-state index contributed by atoms with van der Waals surface area (Å²) in [5.41, 5.74) is 3.37. The highest BCUT2D eigenvalue weighted by Gasteiger charge is 2.42. The molecular weight excluding hydrogens is 538 g/mol. The van der Waals surface area contributed by atoms with Gasteiger partial charge in [0.2, 0.25) is 5.91 Å². The summed E-state index contributed by atoms with van der Waals surface area (Å²) >= 11 is 0. The smallest absolute Gasteiger partial charge is 0.220 e. The van der Waals surface area contributed by atoms with Crippen molar-refractivity contribution >= 4 is 5.91 Å². The predicted octanol–water partition coefficient (Wildman–Crippen LogP) is 7.14. The molecule has 6 heteroatoms. The Hall–Kier alpha value is -3.71. The van der Waals surface area contributed by atoms with Crippen molar-refractivity contribution in [3.05, 3.63) is 126 Å². The first-order valence-corrected chi connectivity index (χ1v) is 15.1. The van der Waals surface area contributed by atoms with Crippen molar-refractivity contribution in [3.8, 4) is 5.75 Å². The summed E-state index contributed by atoms with van der Waals surface area (Å²) in [6.45, 7) is 6.45. The van der Waals surface area contributed by atoms with E-state index in [9.17, 15) is 4.79 Å². The molecule has 0 N–H and O–H groups in total. The molecule has 6 nitrogen and oxygen atoms in total. The Balaban J connectivity index is 1.35. The molecule has 3 aromatic carbocycles. The number of amides is 1. The number of likely N-dealkylation sites (tertiary alicyclic amines) is 1. The second kappa shape index (κ2) is 17.4. The van der Waals surface area contributed by atoms with E-state index < -0.39 is 0 Å². The van der Waals surface area contributed by atoms with Crippen molar-refractivity contribution in [1.29, 1.82) is 0 Å². The lowest BCUT2D eigenvalue weighted by molar-refractivity contribution is -0.151. The number of rotatable bonds is 15. The van der Waals surface area contributed by atoms with Gasteiger partial charge in [0.25, 0.3) is 0 Å². The van der Waals surface area contributed by atoms with E-state index in [0.29, 0.717) is 33.0 Å². The average molecular weight is 584 g/mol. The van der Waals surface area contributed by atoms with E-state index in [4.69, 9.17) is 18.9 Å². The molecule has 228 valence electrons. The van der Waals surface area contributed by atoms with Crippen LogP contribution >= 0.6 is 0 Å². The highest BCUT2D eigenvalue weighted by molar-refractivity contribution is 5.74. The number of methoxy groups -OCH3 is 1. The number of carbonyl (C=O) groups is 1.